The highest BCUT2D eigenvalue weighted by atomic mass is 32.2. The number of rotatable bonds is 0. The van der Waals surface area contributed by atoms with Crippen molar-refractivity contribution in [3.05, 3.63) is 11.2 Å². The van der Waals surface area contributed by atoms with Crippen LogP contribution in [0, 0.1) is 5.92 Å². The van der Waals surface area contributed by atoms with E-state index in [0.29, 0.717) is 0 Å². The van der Waals surface area contributed by atoms with Crippen LogP contribution in [0.2, 0.25) is 0 Å². The molecule has 1 nitrogen and oxygen atoms in total. The van der Waals surface area contributed by atoms with Gasteiger partial charge in [0, 0.05) is 4.91 Å². The van der Waals surface area contributed by atoms with Crippen molar-refractivity contribution in [2.75, 3.05) is 12.4 Å². The summed E-state index contributed by atoms with van der Waals surface area (Å²) < 4.78 is 5.20. The molecule has 1 atom stereocenters. The smallest absolute Gasteiger partial charge is 0.0926 e. The fourth-order valence-corrected chi connectivity index (χ4v) is 2.59. The highest BCUT2D eigenvalue weighted by molar-refractivity contribution is 8.03. The zero-order valence-electron chi connectivity index (χ0n) is 5.30. The van der Waals surface area contributed by atoms with Gasteiger partial charge in [-0.1, -0.05) is 0 Å². The first-order valence-electron chi connectivity index (χ1n) is 3.41. The number of fused-ring (bicyclic) bond motifs is 1. The summed E-state index contributed by atoms with van der Waals surface area (Å²) in [5.74, 6) is 2.17. The molecule has 0 aromatic carbocycles. The van der Waals surface area contributed by atoms with Gasteiger partial charge in [-0.05, 0) is 24.5 Å². The number of ether oxygens (including phenoxy) is 1. The SMILES string of the molecule is C1=C2SCCC2CCO1. The van der Waals surface area contributed by atoms with Crippen LogP contribution in [0.15, 0.2) is 11.2 Å². The Bertz CT molecular complexity index is 142. The van der Waals surface area contributed by atoms with Gasteiger partial charge in [-0.2, -0.15) is 0 Å². The lowest BCUT2D eigenvalue weighted by atomic mass is 10.0. The second kappa shape index (κ2) is 2.25. The van der Waals surface area contributed by atoms with E-state index in [-0.39, 0.29) is 0 Å². The first-order valence-corrected chi connectivity index (χ1v) is 4.40. The van der Waals surface area contributed by atoms with Crippen molar-refractivity contribution in [3.8, 4) is 0 Å². The van der Waals surface area contributed by atoms with E-state index in [0.717, 1.165) is 12.5 Å². The van der Waals surface area contributed by atoms with Crippen molar-refractivity contribution in [2.24, 2.45) is 5.92 Å². The lowest BCUT2D eigenvalue weighted by Gasteiger charge is -2.15. The third kappa shape index (κ3) is 0.960. The van der Waals surface area contributed by atoms with Crippen LogP contribution < -0.4 is 0 Å². The Labute approximate surface area is 59.5 Å². The van der Waals surface area contributed by atoms with Gasteiger partial charge in [-0.3, -0.25) is 0 Å². The van der Waals surface area contributed by atoms with Crippen molar-refractivity contribution >= 4 is 11.8 Å². The summed E-state index contributed by atoms with van der Waals surface area (Å²) >= 11 is 1.96. The van der Waals surface area contributed by atoms with Gasteiger partial charge in [0.1, 0.15) is 0 Å². The molecule has 0 aromatic rings. The molecule has 0 saturated carbocycles. The lowest BCUT2D eigenvalue weighted by Crippen LogP contribution is -2.06. The molecule has 0 aromatic heterocycles. The molecule has 1 unspecified atom stereocenters. The van der Waals surface area contributed by atoms with Gasteiger partial charge in [0.2, 0.25) is 0 Å². The third-order valence-electron chi connectivity index (χ3n) is 1.92. The average molecular weight is 142 g/mol. The van der Waals surface area contributed by atoms with E-state index in [9.17, 15) is 0 Å². The topological polar surface area (TPSA) is 9.23 Å². The maximum Gasteiger partial charge on any atom is 0.0926 e. The molecule has 0 spiro atoms. The fraction of sp³-hybridized carbons (Fsp3) is 0.714. The fourth-order valence-electron chi connectivity index (χ4n) is 1.35. The van der Waals surface area contributed by atoms with E-state index in [1.54, 1.807) is 0 Å². The van der Waals surface area contributed by atoms with E-state index in [4.69, 9.17) is 4.74 Å². The maximum atomic E-state index is 5.20. The Hall–Kier alpha value is -0.110. The number of thioether (sulfide) groups is 1. The summed E-state index contributed by atoms with van der Waals surface area (Å²) in [5.41, 5.74) is 0. The van der Waals surface area contributed by atoms with Crippen molar-refractivity contribution in [1.82, 2.24) is 0 Å². The van der Waals surface area contributed by atoms with Gasteiger partial charge < -0.3 is 4.74 Å². The van der Waals surface area contributed by atoms with Crippen molar-refractivity contribution in [3.63, 3.8) is 0 Å². The molecular weight excluding hydrogens is 132 g/mol. The quantitative estimate of drug-likeness (QED) is 0.511. The van der Waals surface area contributed by atoms with E-state index in [1.807, 2.05) is 18.0 Å². The van der Waals surface area contributed by atoms with Crippen LogP contribution in [0.1, 0.15) is 12.8 Å². The van der Waals surface area contributed by atoms with Crippen molar-refractivity contribution in [1.29, 1.82) is 0 Å². The standard InChI is InChI=1S/C7H10OS/c1-3-8-5-7-6(1)2-4-9-7/h5-6H,1-4H2. The maximum absolute atomic E-state index is 5.20. The first kappa shape index (κ1) is 5.66. The molecule has 0 bridgehead atoms. The molecule has 1 fully saturated rings. The van der Waals surface area contributed by atoms with Gasteiger partial charge in [0.25, 0.3) is 0 Å². The van der Waals surface area contributed by atoms with Crippen LogP contribution in [0.25, 0.3) is 0 Å². The van der Waals surface area contributed by atoms with Crippen LogP contribution >= 0.6 is 11.8 Å². The van der Waals surface area contributed by atoms with Crippen LogP contribution in [0.5, 0.6) is 0 Å². The minimum atomic E-state index is 0.865. The molecule has 1 saturated heterocycles. The molecule has 50 valence electrons. The largest absolute Gasteiger partial charge is 0.500 e. The summed E-state index contributed by atoms with van der Waals surface area (Å²) in [7, 11) is 0. The molecule has 0 aliphatic carbocycles. The molecule has 0 amide bonds. The predicted octanol–water partition coefficient (Wildman–Crippen LogP) is 2.00. The van der Waals surface area contributed by atoms with E-state index < -0.39 is 0 Å². The Balaban J connectivity index is 2.16. The number of hydrogen-bond donors (Lipinski definition) is 0. The lowest BCUT2D eigenvalue weighted by molar-refractivity contribution is 0.207. The average Bonchev–Trinajstić information content (AvgIpc) is 2.33. The third-order valence-corrected chi connectivity index (χ3v) is 3.12. The molecule has 2 aliphatic rings. The second-order valence-corrected chi connectivity index (χ2v) is 3.68. The minimum Gasteiger partial charge on any atom is -0.500 e. The van der Waals surface area contributed by atoms with Gasteiger partial charge in [-0.25, -0.2) is 0 Å². The van der Waals surface area contributed by atoms with E-state index in [1.165, 1.54) is 23.5 Å². The summed E-state index contributed by atoms with van der Waals surface area (Å²) in [4.78, 5) is 1.49. The Morgan fingerprint density at radius 2 is 2.56 bits per heavy atom. The molecular formula is C7H10OS. The van der Waals surface area contributed by atoms with E-state index in [2.05, 4.69) is 0 Å². The predicted molar refractivity (Wildman–Crippen MR) is 39.2 cm³/mol. The van der Waals surface area contributed by atoms with Gasteiger partial charge >= 0.3 is 0 Å². The molecule has 9 heavy (non-hydrogen) atoms. The molecule has 2 heteroatoms. The van der Waals surface area contributed by atoms with Gasteiger partial charge in [0.15, 0.2) is 0 Å². The molecule has 2 rings (SSSR count). The van der Waals surface area contributed by atoms with Gasteiger partial charge in [0.05, 0.1) is 12.9 Å². The summed E-state index contributed by atoms with van der Waals surface area (Å²) in [5, 5.41) is 0. The molecule has 0 N–H and O–H groups in total. The Morgan fingerprint density at radius 3 is 3.44 bits per heavy atom. The zero-order chi connectivity index (χ0) is 6.10. The number of hydrogen-bond acceptors (Lipinski definition) is 2. The summed E-state index contributed by atoms with van der Waals surface area (Å²) in [6.45, 7) is 0.939. The minimum absolute atomic E-state index is 0.865. The molecule has 2 aliphatic heterocycles. The van der Waals surface area contributed by atoms with Crippen molar-refractivity contribution < 1.29 is 4.74 Å². The van der Waals surface area contributed by atoms with Crippen LogP contribution in [-0.4, -0.2) is 12.4 Å². The highest BCUT2D eigenvalue weighted by Gasteiger charge is 2.24. The highest BCUT2D eigenvalue weighted by Crippen LogP contribution is 2.39. The normalized spacial score (nSPS) is 32.9. The zero-order valence-corrected chi connectivity index (χ0v) is 6.12. The second-order valence-electron chi connectivity index (χ2n) is 2.51. The van der Waals surface area contributed by atoms with Crippen LogP contribution in [0.4, 0.5) is 0 Å². The van der Waals surface area contributed by atoms with Crippen molar-refractivity contribution in [2.45, 2.75) is 12.8 Å². The van der Waals surface area contributed by atoms with Crippen LogP contribution in [0.3, 0.4) is 0 Å². The van der Waals surface area contributed by atoms with Crippen LogP contribution in [-0.2, 0) is 4.74 Å². The number of allylic oxidation sites excluding steroid dienone is 1. The van der Waals surface area contributed by atoms with Gasteiger partial charge in [-0.15, -0.1) is 11.8 Å². The summed E-state index contributed by atoms with van der Waals surface area (Å²) in [6.07, 6.45) is 4.57. The molecule has 2 heterocycles. The van der Waals surface area contributed by atoms with E-state index >= 15 is 0 Å². The Morgan fingerprint density at radius 1 is 1.56 bits per heavy atom. The monoisotopic (exact) mass is 142 g/mol. The summed E-state index contributed by atoms with van der Waals surface area (Å²) in [6, 6.07) is 0. The first-order chi connectivity index (χ1) is 4.47. The molecule has 0 radical (unpaired) electrons. The Kier molecular flexibility index (Phi) is 1.42.